The van der Waals surface area contributed by atoms with Crippen molar-refractivity contribution in [3.8, 4) is 0 Å². The van der Waals surface area contributed by atoms with E-state index in [9.17, 15) is 14.9 Å². The molecule has 0 saturated heterocycles. The van der Waals surface area contributed by atoms with E-state index in [0.717, 1.165) is 5.56 Å². The Hall–Kier alpha value is -3.42. The lowest BCUT2D eigenvalue weighted by atomic mass is 10.1. The van der Waals surface area contributed by atoms with Crippen LogP contribution in [-0.4, -0.2) is 48.9 Å². The second-order valence-electron chi connectivity index (χ2n) is 6.66. The first-order valence-corrected chi connectivity index (χ1v) is 9.47. The minimum absolute atomic E-state index is 0.0286. The molecule has 0 bridgehead atoms. The molecule has 0 atom stereocenters. The normalized spacial score (nSPS) is 11.1. The third-order valence-electron chi connectivity index (χ3n) is 4.23. The minimum atomic E-state index is -0.396. The lowest BCUT2D eigenvalue weighted by Gasteiger charge is -2.13. The Bertz CT molecular complexity index is 880. The number of amides is 1. The van der Waals surface area contributed by atoms with E-state index < -0.39 is 4.92 Å². The van der Waals surface area contributed by atoms with Gasteiger partial charge in [0.25, 0.3) is 11.6 Å². The van der Waals surface area contributed by atoms with Gasteiger partial charge in [0.05, 0.1) is 17.0 Å². The fourth-order valence-electron chi connectivity index (χ4n) is 2.77. The average molecular weight is 397 g/mol. The van der Waals surface area contributed by atoms with Crippen molar-refractivity contribution >= 4 is 17.6 Å². The van der Waals surface area contributed by atoms with Crippen LogP contribution < -0.4 is 10.6 Å². The zero-order valence-electron chi connectivity index (χ0n) is 17.0. The van der Waals surface area contributed by atoms with E-state index in [4.69, 9.17) is 0 Å². The summed E-state index contributed by atoms with van der Waals surface area (Å²) in [5, 5.41) is 17.5. The number of carbonyl (C=O) groups is 1. The van der Waals surface area contributed by atoms with E-state index in [-0.39, 0.29) is 18.1 Å². The minimum Gasteiger partial charge on any atom is -0.357 e. The van der Waals surface area contributed by atoms with Crippen molar-refractivity contribution in [3.63, 3.8) is 0 Å². The van der Waals surface area contributed by atoms with Gasteiger partial charge in [0.15, 0.2) is 5.96 Å². The van der Waals surface area contributed by atoms with E-state index in [2.05, 4.69) is 15.6 Å². The monoisotopic (exact) mass is 397 g/mol. The number of para-hydroxylation sites is 1. The molecule has 2 aromatic rings. The molecule has 1 amide bonds. The summed E-state index contributed by atoms with van der Waals surface area (Å²) in [5.41, 5.74) is 2.32. The number of aliphatic imine (C=N–C) groups is 1. The Morgan fingerprint density at radius 2 is 1.90 bits per heavy atom. The Kier molecular flexibility index (Phi) is 8.14. The zero-order valence-corrected chi connectivity index (χ0v) is 17.0. The summed E-state index contributed by atoms with van der Waals surface area (Å²) in [6.45, 7) is 3.45. The van der Waals surface area contributed by atoms with Crippen molar-refractivity contribution < 1.29 is 9.72 Å². The summed E-state index contributed by atoms with van der Waals surface area (Å²) >= 11 is 0. The summed E-state index contributed by atoms with van der Waals surface area (Å²) in [6.07, 6.45) is 0.713. The van der Waals surface area contributed by atoms with Crippen LogP contribution in [0.15, 0.2) is 53.5 Å². The van der Waals surface area contributed by atoms with Gasteiger partial charge in [-0.2, -0.15) is 0 Å². The molecule has 0 spiro atoms. The van der Waals surface area contributed by atoms with Gasteiger partial charge in [-0.1, -0.05) is 30.3 Å². The Balaban J connectivity index is 2.00. The van der Waals surface area contributed by atoms with Crippen molar-refractivity contribution in [2.45, 2.75) is 19.9 Å². The molecule has 8 heteroatoms. The maximum absolute atomic E-state index is 12.1. The van der Waals surface area contributed by atoms with Gasteiger partial charge in [-0.05, 0) is 31.0 Å². The fraction of sp³-hybridized carbons (Fsp3) is 0.333. The van der Waals surface area contributed by atoms with Crippen LogP contribution in [0.25, 0.3) is 0 Å². The number of nitro benzene ring substituents is 1. The summed E-state index contributed by atoms with van der Waals surface area (Å²) < 4.78 is 0. The number of carbonyl (C=O) groups excluding carboxylic acids is 1. The first-order valence-electron chi connectivity index (χ1n) is 9.47. The maximum Gasteiger partial charge on any atom is 0.274 e. The molecule has 0 aliphatic heterocycles. The Morgan fingerprint density at radius 1 is 1.14 bits per heavy atom. The van der Waals surface area contributed by atoms with E-state index in [1.54, 1.807) is 43.3 Å². The fourth-order valence-corrected chi connectivity index (χ4v) is 2.77. The molecule has 29 heavy (non-hydrogen) atoms. The summed E-state index contributed by atoms with van der Waals surface area (Å²) in [6, 6.07) is 14.1. The van der Waals surface area contributed by atoms with Crippen molar-refractivity contribution in [1.82, 2.24) is 15.5 Å². The molecule has 2 rings (SSSR count). The predicted octanol–water partition coefficient (Wildman–Crippen LogP) is 2.59. The van der Waals surface area contributed by atoms with E-state index in [1.165, 1.54) is 6.07 Å². The van der Waals surface area contributed by atoms with Crippen LogP contribution in [0.5, 0.6) is 0 Å². The van der Waals surface area contributed by atoms with Crippen LogP contribution in [-0.2, 0) is 13.0 Å². The molecule has 0 aliphatic carbocycles. The van der Waals surface area contributed by atoms with E-state index in [1.807, 2.05) is 25.1 Å². The van der Waals surface area contributed by atoms with E-state index >= 15 is 0 Å². The lowest BCUT2D eigenvalue weighted by molar-refractivity contribution is -0.385. The number of guanidine groups is 1. The molecule has 0 heterocycles. The Morgan fingerprint density at radius 3 is 2.59 bits per heavy atom. The quantitative estimate of drug-likeness (QED) is 0.309. The molecule has 8 nitrogen and oxygen atoms in total. The van der Waals surface area contributed by atoms with Gasteiger partial charge >= 0.3 is 0 Å². The van der Waals surface area contributed by atoms with Gasteiger partial charge in [0.2, 0.25) is 0 Å². The molecular weight excluding hydrogens is 370 g/mol. The number of hydrogen-bond acceptors (Lipinski definition) is 4. The highest BCUT2D eigenvalue weighted by atomic mass is 16.6. The number of rotatable bonds is 8. The second-order valence-corrected chi connectivity index (χ2v) is 6.66. The second kappa shape index (κ2) is 10.8. The van der Waals surface area contributed by atoms with Gasteiger partial charge in [0, 0.05) is 38.8 Å². The third-order valence-corrected chi connectivity index (χ3v) is 4.23. The van der Waals surface area contributed by atoms with Crippen LogP contribution in [0.4, 0.5) is 5.69 Å². The molecule has 0 saturated carbocycles. The van der Waals surface area contributed by atoms with Crippen molar-refractivity contribution in [2.24, 2.45) is 4.99 Å². The smallest absolute Gasteiger partial charge is 0.274 e. The molecule has 2 aromatic carbocycles. The van der Waals surface area contributed by atoms with Crippen LogP contribution in [0.2, 0.25) is 0 Å². The highest BCUT2D eigenvalue weighted by molar-refractivity contribution is 5.94. The molecule has 0 radical (unpaired) electrons. The third kappa shape index (κ3) is 6.60. The average Bonchev–Trinajstić information content (AvgIpc) is 2.71. The number of benzene rings is 2. The lowest BCUT2D eigenvalue weighted by Crippen LogP contribution is -2.38. The summed E-state index contributed by atoms with van der Waals surface area (Å²) in [7, 11) is 3.46. The molecule has 154 valence electrons. The highest BCUT2D eigenvalue weighted by Gasteiger charge is 2.12. The SMILES string of the molecule is CCNC(=NCc1ccccc1[N+](=O)[O-])NCCc1cccc(C(=O)N(C)C)c1. The van der Waals surface area contributed by atoms with Crippen molar-refractivity contribution in [3.05, 3.63) is 75.3 Å². The highest BCUT2D eigenvalue weighted by Crippen LogP contribution is 2.18. The van der Waals surface area contributed by atoms with Crippen molar-refractivity contribution in [2.75, 3.05) is 27.2 Å². The van der Waals surface area contributed by atoms with Crippen LogP contribution >= 0.6 is 0 Å². The summed E-state index contributed by atoms with van der Waals surface area (Å²) in [5.74, 6) is 0.560. The predicted molar refractivity (Wildman–Crippen MR) is 114 cm³/mol. The molecule has 2 N–H and O–H groups in total. The molecule has 0 unspecified atom stereocenters. The number of hydrogen-bond donors (Lipinski definition) is 2. The van der Waals surface area contributed by atoms with E-state index in [0.29, 0.717) is 36.6 Å². The maximum atomic E-state index is 12.1. The van der Waals surface area contributed by atoms with Gasteiger partial charge in [-0.3, -0.25) is 14.9 Å². The zero-order chi connectivity index (χ0) is 21.2. The van der Waals surface area contributed by atoms with Gasteiger partial charge in [-0.25, -0.2) is 4.99 Å². The van der Waals surface area contributed by atoms with Gasteiger partial charge in [-0.15, -0.1) is 0 Å². The topological polar surface area (TPSA) is 99.9 Å². The first-order chi connectivity index (χ1) is 13.9. The van der Waals surface area contributed by atoms with Gasteiger partial charge in [0.1, 0.15) is 0 Å². The van der Waals surface area contributed by atoms with Crippen molar-refractivity contribution in [1.29, 1.82) is 0 Å². The number of nitro groups is 1. The standard InChI is InChI=1S/C21H27N5O3/c1-4-22-21(24-15-18-9-5-6-11-19(18)26(28)29)23-13-12-16-8-7-10-17(14-16)20(27)25(2)3/h5-11,14H,4,12-13,15H2,1-3H3,(H2,22,23,24). The van der Waals surface area contributed by atoms with Crippen LogP contribution in [0.3, 0.4) is 0 Å². The number of nitrogens with one attached hydrogen (secondary N) is 2. The Labute approximate surface area is 170 Å². The molecule has 0 fully saturated rings. The molecular formula is C21H27N5O3. The van der Waals surface area contributed by atoms with Gasteiger partial charge < -0.3 is 15.5 Å². The van der Waals surface area contributed by atoms with Crippen LogP contribution in [0.1, 0.15) is 28.4 Å². The molecule has 0 aromatic heterocycles. The molecule has 0 aliphatic rings. The van der Waals surface area contributed by atoms with Crippen LogP contribution in [0, 0.1) is 10.1 Å². The summed E-state index contributed by atoms with van der Waals surface area (Å²) in [4.78, 5) is 28.8. The first kappa shape index (κ1) is 21.9. The largest absolute Gasteiger partial charge is 0.357 e. The number of nitrogens with zero attached hydrogens (tertiary/aromatic N) is 3.